The van der Waals surface area contributed by atoms with E-state index in [0.29, 0.717) is 6.42 Å². The maximum Gasteiger partial charge on any atom is 0.309 e. The Labute approximate surface area is 130 Å². The molecule has 0 aliphatic rings. The summed E-state index contributed by atoms with van der Waals surface area (Å²) >= 11 is 1.87. The molecule has 0 amide bonds. The summed E-state index contributed by atoms with van der Waals surface area (Å²) in [6.07, 6.45) is 0.345. The molecule has 0 saturated heterocycles. The summed E-state index contributed by atoms with van der Waals surface area (Å²) in [6, 6.07) is 16.5. The van der Waals surface area contributed by atoms with Gasteiger partial charge in [0, 0.05) is 11.5 Å². The molecule has 2 aromatic rings. The number of hydrogen-bond acceptors (Lipinski definition) is 3. The van der Waals surface area contributed by atoms with Crippen LogP contribution in [0.2, 0.25) is 0 Å². The molecule has 0 unspecified atom stereocenters. The number of rotatable bonds is 6. The van der Waals surface area contributed by atoms with Gasteiger partial charge >= 0.3 is 5.97 Å². The number of carbonyl (C=O) groups excluding carboxylic acids is 1. The zero-order chi connectivity index (χ0) is 15.1. The van der Waals surface area contributed by atoms with Gasteiger partial charge in [-0.25, -0.2) is 0 Å². The van der Waals surface area contributed by atoms with E-state index in [4.69, 9.17) is 4.74 Å². The van der Waals surface area contributed by atoms with Crippen molar-refractivity contribution in [3.63, 3.8) is 0 Å². The van der Waals surface area contributed by atoms with Gasteiger partial charge in [-0.1, -0.05) is 48.5 Å². The van der Waals surface area contributed by atoms with E-state index in [-0.39, 0.29) is 5.97 Å². The molecule has 0 atom stereocenters. The average molecular weight is 300 g/mol. The van der Waals surface area contributed by atoms with Crippen molar-refractivity contribution in [1.29, 1.82) is 0 Å². The van der Waals surface area contributed by atoms with Gasteiger partial charge in [0.25, 0.3) is 0 Å². The van der Waals surface area contributed by atoms with Crippen LogP contribution in [0.15, 0.2) is 48.5 Å². The number of hydrogen-bond donors (Lipinski definition) is 0. The van der Waals surface area contributed by atoms with Crippen LogP contribution in [0.4, 0.5) is 0 Å². The fraction of sp³-hybridized carbons (Fsp3) is 0.278. The Morgan fingerprint density at radius 1 is 0.952 bits per heavy atom. The Hall–Kier alpha value is -1.74. The van der Waals surface area contributed by atoms with Crippen LogP contribution in [0.3, 0.4) is 0 Å². The van der Waals surface area contributed by atoms with Crippen LogP contribution in [0.5, 0.6) is 0 Å². The van der Waals surface area contributed by atoms with E-state index in [9.17, 15) is 4.79 Å². The van der Waals surface area contributed by atoms with Gasteiger partial charge < -0.3 is 4.74 Å². The van der Waals surface area contributed by atoms with E-state index in [1.807, 2.05) is 30.0 Å². The molecular formula is C18H20O2S. The number of thioether (sulfide) groups is 1. The highest BCUT2D eigenvalue weighted by Crippen LogP contribution is 2.22. The Kier molecular flexibility index (Phi) is 5.88. The first-order valence-electron chi connectivity index (χ1n) is 6.96. The molecule has 0 N–H and O–H groups in total. The number of benzene rings is 2. The predicted octanol–water partition coefficient (Wildman–Crippen LogP) is 4.14. The number of methoxy groups -OCH3 is 1. The molecule has 21 heavy (non-hydrogen) atoms. The molecule has 0 aliphatic carbocycles. The van der Waals surface area contributed by atoms with E-state index >= 15 is 0 Å². The van der Waals surface area contributed by atoms with Crippen LogP contribution in [0.1, 0.15) is 22.3 Å². The fourth-order valence-electron chi connectivity index (χ4n) is 2.14. The largest absolute Gasteiger partial charge is 0.469 e. The lowest BCUT2D eigenvalue weighted by molar-refractivity contribution is -0.139. The van der Waals surface area contributed by atoms with Crippen molar-refractivity contribution < 1.29 is 9.53 Å². The molecule has 2 nitrogen and oxygen atoms in total. The summed E-state index contributed by atoms with van der Waals surface area (Å²) in [7, 11) is 1.43. The average Bonchev–Trinajstić information content (AvgIpc) is 2.50. The minimum absolute atomic E-state index is 0.189. The molecule has 2 aromatic carbocycles. The number of esters is 1. The highest BCUT2D eigenvalue weighted by atomic mass is 32.2. The minimum Gasteiger partial charge on any atom is -0.469 e. The normalized spacial score (nSPS) is 10.4. The SMILES string of the molecule is COC(=O)Cc1ccccc1CSCc1ccccc1C. The van der Waals surface area contributed by atoms with Crippen LogP contribution in [0.25, 0.3) is 0 Å². The topological polar surface area (TPSA) is 26.3 Å². The molecule has 0 saturated carbocycles. The van der Waals surface area contributed by atoms with E-state index in [2.05, 4.69) is 37.3 Å². The lowest BCUT2D eigenvalue weighted by Crippen LogP contribution is -2.06. The maximum atomic E-state index is 11.4. The van der Waals surface area contributed by atoms with Gasteiger partial charge in [-0.3, -0.25) is 4.79 Å². The second-order valence-electron chi connectivity index (χ2n) is 4.94. The predicted molar refractivity (Wildman–Crippen MR) is 88.3 cm³/mol. The summed E-state index contributed by atoms with van der Waals surface area (Å²) in [5.41, 5.74) is 4.96. The summed E-state index contributed by atoms with van der Waals surface area (Å²) in [5, 5.41) is 0. The highest BCUT2D eigenvalue weighted by Gasteiger charge is 2.08. The van der Waals surface area contributed by atoms with E-state index in [1.54, 1.807) is 0 Å². The molecule has 0 aliphatic heterocycles. The molecule has 0 heterocycles. The van der Waals surface area contributed by atoms with Crippen LogP contribution in [-0.4, -0.2) is 13.1 Å². The lowest BCUT2D eigenvalue weighted by Gasteiger charge is -2.09. The molecule has 3 heteroatoms. The third kappa shape index (κ3) is 4.64. The molecule has 110 valence electrons. The van der Waals surface area contributed by atoms with Crippen LogP contribution >= 0.6 is 11.8 Å². The van der Waals surface area contributed by atoms with Crippen LogP contribution in [0, 0.1) is 6.92 Å². The molecule has 2 rings (SSSR count). The summed E-state index contributed by atoms with van der Waals surface area (Å²) in [4.78, 5) is 11.4. The molecule has 0 spiro atoms. The Balaban J connectivity index is 1.97. The standard InChI is InChI=1S/C18H20O2S/c1-14-7-3-4-9-16(14)12-21-13-17-10-6-5-8-15(17)11-18(19)20-2/h3-10H,11-13H2,1-2H3. The van der Waals surface area contributed by atoms with Gasteiger partial charge in [-0.05, 0) is 29.2 Å². The molecule has 0 bridgehead atoms. The highest BCUT2D eigenvalue weighted by molar-refractivity contribution is 7.97. The molecule has 0 radical (unpaired) electrons. The van der Waals surface area contributed by atoms with Gasteiger partial charge in [0.05, 0.1) is 13.5 Å². The van der Waals surface area contributed by atoms with Crippen molar-refractivity contribution in [2.75, 3.05) is 7.11 Å². The molecular weight excluding hydrogens is 280 g/mol. The summed E-state index contributed by atoms with van der Waals surface area (Å²) in [6.45, 7) is 2.14. The van der Waals surface area contributed by atoms with Crippen molar-refractivity contribution in [3.8, 4) is 0 Å². The first-order valence-corrected chi connectivity index (χ1v) is 8.12. The Morgan fingerprint density at radius 3 is 2.19 bits per heavy atom. The number of ether oxygens (including phenoxy) is 1. The van der Waals surface area contributed by atoms with Gasteiger partial charge in [-0.15, -0.1) is 0 Å². The Bertz CT molecular complexity index is 608. The maximum absolute atomic E-state index is 11.4. The van der Waals surface area contributed by atoms with Gasteiger partial charge in [0.2, 0.25) is 0 Å². The quantitative estimate of drug-likeness (QED) is 0.750. The smallest absolute Gasteiger partial charge is 0.309 e. The number of carbonyl (C=O) groups is 1. The zero-order valence-corrected chi connectivity index (χ0v) is 13.3. The third-order valence-corrected chi connectivity index (χ3v) is 4.49. The van der Waals surface area contributed by atoms with Gasteiger partial charge in [-0.2, -0.15) is 11.8 Å². The van der Waals surface area contributed by atoms with Crippen molar-refractivity contribution in [2.24, 2.45) is 0 Å². The summed E-state index contributed by atoms with van der Waals surface area (Å²) < 4.78 is 4.75. The first-order chi connectivity index (χ1) is 10.2. The second kappa shape index (κ2) is 7.89. The summed E-state index contributed by atoms with van der Waals surface area (Å²) in [5.74, 6) is 1.70. The minimum atomic E-state index is -0.189. The van der Waals surface area contributed by atoms with E-state index < -0.39 is 0 Å². The van der Waals surface area contributed by atoms with Crippen molar-refractivity contribution in [1.82, 2.24) is 0 Å². The molecule has 0 aromatic heterocycles. The van der Waals surface area contributed by atoms with Gasteiger partial charge in [0.1, 0.15) is 0 Å². The third-order valence-electron chi connectivity index (χ3n) is 3.46. The monoisotopic (exact) mass is 300 g/mol. The lowest BCUT2D eigenvalue weighted by atomic mass is 10.1. The van der Waals surface area contributed by atoms with Gasteiger partial charge in [0.15, 0.2) is 0 Å². The van der Waals surface area contributed by atoms with Crippen LogP contribution < -0.4 is 0 Å². The number of aryl methyl sites for hydroxylation is 1. The van der Waals surface area contributed by atoms with E-state index in [1.165, 1.54) is 23.8 Å². The zero-order valence-electron chi connectivity index (χ0n) is 12.5. The van der Waals surface area contributed by atoms with E-state index in [0.717, 1.165) is 17.1 Å². The second-order valence-corrected chi connectivity index (χ2v) is 5.93. The first kappa shape index (κ1) is 15.6. The van der Waals surface area contributed by atoms with Crippen LogP contribution in [-0.2, 0) is 27.5 Å². The van der Waals surface area contributed by atoms with Crippen molar-refractivity contribution in [3.05, 3.63) is 70.8 Å². The fourth-order valence-corrected chi connectivity index (χ4v) is 3.29. The Morgan fingerprint density at radius 2 is 1.52 bits per heavy atom. The van der Waals surface area contributed by atoms with Crippen molar-refractivity contribution >= 4 is 17.7 Å². The van der Waals surface area contributed by atoms with Crippen molar-refractivity contribution in [2.45, 2.75) is 24.9 Å². The molecule has 0 fully saturated rings.